The molecule has 0 saturated carbocycles. The predicted molar refractivity (Wildman–Crippen MR) is 100 cm³/mol. The molecule has 10 heteroatoms. The van der Waals surface area contributed by atoms with Crippen LogP contribution in [0.2, 0.25) is 0 Å². The Bertz CT molecular complexity index is 980. The monoisotopic (exact) mass is 379 g/mol. The first-order valence-corrected chi connectivity index (χ1v) is 8.76. The van der Waals surface area contributed by atoms with Crippen LogP contribution in [0.25, 0.3) is 5.69 Å². The van der Waals surface area contributed by atoms with Gasteiger partial charge < -0.3 is 9.80 Å². The maximum absolute atomic E-state index is 12.7. The Kier molecular flexibility index (Phi) is 4.67. The van der Waals surface area contributed by atoms with Crippen LogP contribution in [0.5, 0.6) is 0 Å². The summed E-state index contributed by atoms with van der Waals surface area (Å²) in [6.07, 6.45) is 0. The van der Waals surface area contributed by atoms with Crippen molar-refractivity contribution in [1.29, 1.82) is 0 Å². The van der Waals surface area contributed by atoms with Crippen molar-refractivity contribution in [3.63, 3.8) is 0 Å². The van der Waals surface area contributed by atoms with Gasteiger partial charge in [-0.15, -0.1) is 0 Å². The van der Waals surface area contributed by atoms with E-state index in [1.165, 1.54) is 24.3 Å². The first kappa shape index (κ1) is 17.6. The fraction of sp³-hybridized carbons (Fsp3) is 0.222. The predicted octanol–water partition coefficient (Wildman–Crippen LogP) is 1.53. The fourth-order valence-electron chi connectivity index (χ4n) is 3.13. The number of hydrogen-bond donors (Lipinski definition) is 0. The highest BCUT2D eigenvalue weighted by Crippen LogP contribution is 2.19. The number of non-ortho nitro benzene ring substituents is 1. The van der Waals surface area contributed by atoms with Gasteiger partial charge in [-0.3, -0.25) is 14.9 Å². The van der Waals surface area contributed by atoms with E-state index in [2.05, 4.69) is 15.5 Å². The summed E-state index contributed by atoms with van der Waals surface area (Å²) in [5.41, 5.74) is 1.27. The minimum atomic E-state index is -0.482. The number of piperazine rings is 1. The van der Waals surface area contributed by atoms with Gasteiger partial charge in [-0.25, -0.2) is 0 Å². The van der Waals surface area contributed by atoms with Gasteiger partial charge >= 0.3 is 0 Å². The second kappa shape index (κ2) is 7.43. The average molecular weight is 379 g/mol. The number of carbonyl (C=O) groups excluding carboxylic acids is 1. The molecule has 0 N–H and O–H groups in total. The van der Waals surface area contributed by atoms with E-state index in [0.29, 0.717) is 37.7 Å². The second-order valence-corrected chi connectivity index (χ2v) is 6.31. The zero-order valence-electron chi connectivity index (χ0n) is 14.9. The van der Waals surface area contributed by atoms with Gasteiger partial charge in [-0.05, 0) is 34.7 Å². The molecule has 1 saturated heterocycles. The van der Waals surface area contributed by atoms with Crippen LogP contribution in [0, 0.1) is 10.1 Å². The normalized spacial score (nSPS) is 14.1. The number of para-hydroxylation sites is 1. The van der Waals surface area contributed by atoms with Crippen molar-refractivity contribution in [1.82, 2.24) is 25.1 Å². The number of tetrazole rings is 1. The van der Waals surface area contributed by atoms with E-state index in [4.69, 9.17) is 0 Å². The Hall–Kier alpha value is -3.82. The molecule has 1 aliphatic rings. The Morgan fingerprint density at radius 2 is 1.64 bits per heavy atom. The lowest BCUT2D eigenvalue weighted by Crippen LogP contribution is -2.49. The first-order valence-electron chi connectivity index (χ1n) is 8.76. The Morgan fingerprint density at radius 1 is 0.964 bits per heavy atom. The van der Waals surface area contributed by atoms with Crippen LogP contribution in [0.15, 0.2) is 54.6 Å². The number of aromatic nitrogens is 4. The lowest BCUT2D eigenvalue weighted by molar-refractivity contribution is -0.384. The quantitative estimate of drug-likeness (QED) is 0.499. The number of amides is 1. The van der Waals surface area contributed by atoms with Crippen LogP contribution in [-0.4, -0.2) is 62.1 Å². The van der Waals surface area contributed by atoms with Crippen molar-refractivity contribution in [2.24, 2.45) is 0 Å². The van der Waals surface area contributed by atoms with E-state index in [1.54, 1.807) is 9.58 Å². The van der Waals surface area contributed by atoms with Crippen molar-refractivity contribution in [2.75, 3.05) is 31.1 Å². The molecule has 1 amide bonds. The molecule has 0 radical (unpaired) electrons. The topological polar surface area (TPSA) is 110 Å². The third kappa shape index (κ3) is 3.39. The average Bonchev–Trinajstić information content (AvgIpc) is 3.24. The second-order valence-electron chi connectivity index (χ2n) is 6.31. The standard InChI is InChI=1S/C18H17N7O3/c26-17(14-6-8-16(9-7-14)25(27)28)22-10-12-23(13-11-22)18-19-20-21-24(18)15-4-2-1-3-5-15/h1-9H,10-13H2. The molecule has 1 aliphatic heterocycles. The summed E-state index contributed by atoms with van der Waals surface area (Å²) in [5, 5.41) is 22.7. The molecule has 4 rings (SSSR count). The summed E-state index contributed by atoms with van der Waals surface area (Å²) in [4.78, 5) is 26.7. The van der Waals surface area contributed by atoms with Crippen molar-refractivity contribution in [3.05, 3.63) is 70.3 Å². The number of benzene rings is 2. The molecule has 0 spiro atoms. The highest BCUT2D eigenvalue weighted by molar-refractivity contribution is 5.94. The number of hydrogen-bond acceptors (Lipinski definition) is 7. The molecule has 1 aromatic heterocycles. The summed E-state index contributed by atoms with van der Waals surface area (Å²) in [6, 6.07) is 15.3. The highest BCUT2D eigenvalue weighted by atomic mass is 16.6. The Morgan fingerprint density at radius 3 is 2.29 bits per heavy atom. The maximum Gasteiger partial charge on any atom is 0.269 e. The van der Waals surface area contributed by atoms with Crippen molar-refractivity contribution in [3.8, 4) is 5.69 Å². The zero-order chi connectivity index (χ0) is 19.5. The Balaban J connectivity index is 1.43. The van der Waals surface area contributed by atoms with E-state index < -0.39 is 4.92 Å². The first-order chi connectivity index (χ1) is 13.6. The summed E-state index contributed by atoms with van der Waals surface area (Å²) in [5.74, 6) is 0.492. The van der Waals surface area contributed by atoms with E-state index in [-0.39, 0.29) is 11.6 Å². The molecule has 0 bridgehead atoms. The van der Waals surface area contributed by atoms with E-state index >= 15 is 0 Å². The van der Waals surface area contributed by atoms with Crippen LogP contribution in [0.3, 0.4) is 0 Å². The van der Waals surface area contributed by atoms with Gasteiger partial charge in [0.25, 0.3) is 11.6 Å². The van der Waals surface area contributed by atoms with Gasteiger partial charge in [0.15, 0.2) is 0 Å². The molecule has 142 valence electrons. The van der Waals surface area contributed by atoms with Crippen molar-refractivity contribution < 1.29 is 9.72 Å². The summed E-state index contributed by atoms with van der Waals surface area (Å²) in [6.45, 7) is 2.20. The molecular formula is C18H17N7O3. The van der Waals surface area contributed by atoms with Gasteiger partial charge in [-0.2, -0.15) is 4.68 Å². The molecule has 0 atom stereocenters. The van der Waals surface area contributed by atoms with Crippen LogP contribution in [0.1, 0.15) is 10.4 Å². The van der Waals surface area contributed by atoms with Crippen LogP contribution >= 0.6 is 0 Å². The smallest absolute Gasteiger partial charge is 0.269 e. The number of nitro groups is 1. The van der Waals surface area contributed by atoms with Crippen LogP contribution in [-0.2, 0) is 0 Å². The summed E-state index contributed by atoms with van der Waals surface area (Å²) >= 11 is 0. The molecule has 10 nitrogen and oxygen atoms in total. The van der Waals surface area contributed by atoms with Crippen LogP contribution < -0.4 is 4.90 Å². The molecule has 28 heavy (non-hydrogen) atoms. The minimum Gasteiger partial charge on any atom is -0.336 e. The number of nitro benzene ring substituents is 1. The zero-order valence-corrected chi connectivity index (χ0v) is 14.9. The summed E-state index contributed by atoms with van der Waals surface area (Å²) < 4.78 is 1.67. The largest absolute Gasteiger partial charge is 0.336 e. The number of rotatable bonds is 4. The van der Waals surface area contributed by atoms with Crippen LogP contribution in [0.4, 0.5) is 11.6 Å². The minimum absolute atomic E-state index is 0.0332. The van der Waals surface area contributed by atoms with E-state index in [9.17, 15) is 14.9 Å². The van der Waals surface area contributed by atoms with Gasteiger partial charge in [0.05, 0.1) is 10.6 Å². The van der Waals surface area contributed by atoms with Gasteiger partial charge in [0.1, 0.15) is 0 Å². The third-order valence-corrected chi connectivity index (χ3v) is 4.63. The molecule has 0 unspecified atom stereocenters. The number of carbonyl (C=O) groups is 1. The van der Waals surface area contributed by atoms with Gasteiger partial charge in [0, 0.05) is 43.9 Å². The summed E-state index contributed by atoms with van der Waals surface area (Å²) in [7, 11) is 0. The third-order valence-electron chi connectivity index (χ3n) is 4.63. The van der Waals surface area contributed by atoms with Gasteiger partial charge in [-0.1, -0.05) is 23.3 Å². The number of nitrogens with zero attached hydrogens (tertiary/aromatic N) is 7. The molecule has 2 heterocycles. The highest BCUT2D eigenvalue weighted by Gasteiger charge is 2.25. The van der Waals surface area contributed by atoms with Gasteiger partial charge in [0.2, 0.25) is 5.95 Å². The molecule has 3 aromatic rings. The lowest BCUT2D eigenvalue weighted by atomic mass is 10.1. The molecular weight excluding hydrogens is 362 g/mol. The van der Waals surface area contributed by atoms with E-state index in [0.717, 1.165) is 5.69 Å². The maximum atomic E-state index is 12.7. The number of anilines is 1. The fourth-order valence-corrected chi connectivity index (χ4v) is 3.13. The van der Waals surface area contributed by atoms with Crippen molar-refractivity contribution in [2.45, 2.75) is 0 Å². The molecule has 1 fully saturated rings. The molecule has 2 aromatic carbocycles. The molecule has 0 aliphatic carbocycles. The lowest BCUT2D eigenvalue weighted by Gasteiger charge is -2.34. The van der Waals surface area contributed by atoms with Crippen molar-refractivity contribution >= 4 is 17.5 Å². The Labute approximate surface area is 160 Å². The van der Waals surface area contributed by atoms with E-state index in [1.807, 2.05) is 35.2 Å². The SMILES string of the molecule is O=C(c1ccc([N+](=O)[O-])cc1)N1CCN(c2nnnn2-c2ccccc2)CC1.